The Morgan fingerprint density at radius 3 is 2.17 bits per heavy atom. The monoisotopic (exact) mass is 442 g/mol. The summed E-state index contributed by atoms with van der Waals surface area (Å²) in [4.78, 5) is 13.0. The first-order chi connectivity index (χ1) is 10.6. The molecule has 1 amide bonds. The Balaban J connectivity index is 2.22. The SMILES string of the molecule is CC(=O)N(C)C1CCN(S(=O)(=O)c2c(Cl)cc(Br)cc2Cl)CC1. The molecule has 1 heterocycles. The van der Waals surface area contributed by atoms with Crippen molar-refractivity contribution < 1.29 is 13.2 Å². The second kappa shape index (κ2) is 7.27. The van der Waals surface area contributed by atoms with E-state index in [9.17, 15) is 13.2 Å². The van der Waals surface area contributed by atoms with E-state index in [-0.39, 0.29) is 26.9 Å². The molecule has 0 aromatic heterocycles. The lowest BCUT2D eigenvalue weighted by Crippen LogP contribution is -2.46. The highest BCUT2D eigenvalue weighted by atomic mass is 79.9. The smallest absolute Gasteiger partial charge is 0.246 e. The predicted molar refractivity (Wildman–Crippen MR) is 94.4 cm³/mol. The highest BCUT2D eigenvalue weighted by molar-refractivity contribution is 9.10. The molecule has 0 N–H and O–H groups in total. The highest BCUT2D eigenvalue weighted by Gasteiger charge is 2.34. The molecule has 1 aliphatic heterocycles. The lowest BCUT2D eigenvalue weighted by molar-refractivity contribution is -0.130. The topological polar surface area (TPSA) is 57.7 Å². The molecule has 2 rings (SSSR count). The predicted octanol–water partition coefficient (Wildman–Crippen LogP) is 3.39. The van der Waals surface area contributed by atoms with Gasteiger partial charge in [-0.1, -0.05) is 39.1 Å². The van der Waals surface area contributed by atoms with Gasteiger partial charge >= 0.3 is 0 Å². The average Bonchev–Trinajstić information content (AvgIpc) is 2.45. The maximum absolute atomic E-state index is 12.8. The molecule has 0 radical (unpaired) electrons. The van der Waals surface area contributed by atoms with Crippen LogP contribution in [0.25, 0.3) is 0 Å². The molecule has 0 unspecified atom stereocenters. The van der Waals surface area contributed by atoms with E-state index in [1.165, 1.54) is 23.4 Å². The van der Waals surface area contributed by atoms with Crippen LogP contribution in [0.15, 0.2) is 21.5 Å². The minimum absolute atomic E-state index is 0.0229. The van der Waals surface area contributed by atoms with Crippen LogP contribution in [0, 0.1) is 0 Å². The van der Waals surface area contributed by atoms with Crippen molar-refractivity contribution >= 4 is 55.1 Å². The van der Waals surface area contributed by atoms with Crippen molar-refractivity contribution in [3.05, 3.63) is 26.7 Å². The normalized spacial score (nSPS) is 17.3. The van der Waals surface area contributed by atoms with Crippen LogP contribution >= 0.6 is 39.1 Å². The van der Waals surface area contributed by atoms with Gasteiger partial charge in [0.05, 0.1) is 10.0 Å². The van der Waals surface area contributed by atoms with E-state index >= 15 is 0 Å². The Bertz CT molecular complexity index is 696. The Morgan fingerprint density at radius 2 is 1.74 bits per heavy atom. The number of rotatable bonds is 3. The minimum Gasteiger partial charge on any atom is -0.343 e. The summed E-state index contributed by atoms with van der Waals surface area (Å²) < 4.78 is 27.6. The van der Waals surface area contributed by atoms with E-state index in [1.54, 1.807) is 11.9 Å². The Labute approximate surface area is 154 Å². The second-order valence-electron chi connectivity index (χ2n) is 5.46. The largest absolute Gasteiger partial charge is 0.343 e. The number of nitrogens with zero attached hydrogens (tertiary/aromatic N) is 2. The number of sulfonamides is 1. The third-order valence-electron chi connectivity index (χ3n) is 4.03. The van der Waals surface area contributed by atoms with Crippen LogP contribution < -0.4 is 0 Å². The highest BCUT2D eigenvalue weighted by Crippen LogP contribution is 2.35. The van der Waals surface area contributed by atoms with Gasteiger partial charge < -0.3 is 4.90 Å². The van der Waals surface area contributed by atoms with Gasteiger partial charge in [0.1, 0.15) is 4.90 Å². The molecule has 1 aromatic carbocycles. The molecule has 0 bridgehead atoms. The van der Waals surface area contributed by atoms with Crippen LogP contribution in [-0.4, -0.2) is 49.7 Å². The zero-order valence-corrected chi connectivity index (χ0v) is 16.6. The molecule has 0 aliphatic carbocycles. The van der Waals surface area contributed by atoms with Gasteiger partial charge in [-0.2, -0.15) is 4.31 Å². The van der Waals surface area contributed by atoms with Gasteiger partial charge in [0, 0.05) is 37.6 Å². The van der Waals surface area contributed by atoms with Crippen LogP contribution in [0.5, 0.6) is 0 Å². The molecule has 9 heteroatoms. The molecule has 1 saturated heterocycles. The molecule has 23 heavy (non-hydrogen) atoms. The van der Waals surface area contributed by atoms with Crippen LogP contribution in [-0.2, 0) is 14.8 Å². The number of carbonyl (C=O) groups excluding carboxylic acids is 1. The third kappa shape index (κ3) is 4.02. The quantitative estimate of drug-likeness (QED) is 0.719. The fraction of sp³-hybridized carbons (Fsp3) is 0.500. The minimum atomic E-state index is -3.76. The zero-order chi connectivity index (χ0) is 17.4. The number of carbonyl (C=O) groups is 1. The third-order valence-corrected chi connectivity index (χ3v) is 7.31. The van der Waals surface area contributed by atoms with E-state index < -0.39 is 10.0 Å². The van der Waals surface area contributed by atoms with Crippen LogP contribution in [0.3, 0.4) is 0 Å². The Hall–Kier alpha value is -0.340. The summed E-state index contributed by atoms with van der Waals surface area (Å²) >= 11 is 15.4. The average molecular weight is 444 g/mol. The summed E-state index contributed by atoms with van der Waals surface area (Å²) in [5, 5.41) is 0.180. The van der Waals surface area contributed by atoms with Gasteiger partial charge in [-0.05, 0) is 25.0 Å². The van der Waals surface area contributed by atoms with E-state index in [2.05, 4.69) is 15.9 Å². The Morgan fingerprint density at radius 1 is 1.26 bits per heavy atom. The van der Waals surface area contributed by atoms with E-state index in [1.807, 2.05) is 0 Å². The summed E-state index contributed by atoms with van der Waals surface area (Å²) in [6.07, 6.45) is 1.17. The number of benzene rings is 1. The van der Waals surface area contributed by atoms with Crippen molar-refractivity contribution in [2.45, 2.75) is 30.7 Å². The van der Waals surface area contributed by atoms with Gasteiger partial charge in [0.2, 0.25) is 15.9 Å². The van der Waals surface area contributed by atoms with Crippen LogP contribution in [0.2, 0.25) is 10.0 Å². The van der Waals surface area contributed by atoms with Gasteiger partial charge in [0.25, 0.3) is 0 Å². The standard InChI is InChI=1S/C14H17BrCl2N2O3S/c1-9(20)18(2)11-3-5-19(6-4-11)23(21,22)14-12(16)7-10(15)8-13(14)17/h7-8,11H,3-6H2,1-2H3. The molecule has 1 fully saturated rings. The fourth-order valence-electron chi connectivity index (χ4n) is 2.63. The summed E-state index contributed by atoms with van der Waals surface area (Å²) in [6.45, 7) is 2.16. The molecule has 0 atom stereocenters. The fourth-order valence-corrected chi connectivity index (χ4v) is 5.99. The van der Waals surface area contributed by atoms with Crippen molar-refractivity contribution in [1.29, 1.82) is 0 Å². The Kier molecular flexibility index (Phi) is 6.00. The molecule has 0 saturated carbocycles. The van der Waals surface area contributed by atoms with Crippen molar-refractivity contribution in [1.82, 2.24) is 9.21 Å². The maximum Gasteiger partial charge on any atom is 0.246 e. The second-order valence-corrected chi connectivity index (χ2v) is 9.07. The van der Waals surface area contributed by atoms with Crippen LogP contribution in [0.1, 0.15) is 19.8 Å². The van der Waals surface area contributed by atoms with Crippen LogP contribution in [0.4, 0.5) is 0 Å². The zero-order valence-electron chi connectivity index (χ0n) is 12.7. The molecule has 1 aliphatic rings. The molecule has 1 aromatic rings. The first kappa shape index (κ1) is 19.0. The van der Waals surface area contributed by atoms with E-state index in [0.29, 0.717) is 30.4 Å². The van der Waals surface area contributed by atoms with E-state index in [4.69, 9.17) is 23.2 Å². The van der Waals surface area contributed by atoms with Crippen molar-refractivity contribution in [3.8, 4) is 0 Å². The molecule has 0 spiro atoms. The lowest BCUT2D eigenvalue weighted by atomic mass is 10.1. The molecular formula is C14H17BrCl2N2O3S. The first-order valence-corrected chi connectivity index (χ1v) is 10.0. The number of halogens is 3. The number of hydrogen-bond acceptors (Lipinski definition) is 3. The summed E-state index contributed by atoms with van der Waals surface area (Å²) in [6, 6.07) is 3.07. The van der Waals surface area contributed by atoms with Crippen molar-refractivity contribution in [2.24, 2.45) is 0 Å². The molecular weight excluding hydrogens is 427 g/mol. The summed E-state index contributed by atoms with van der Waals surface area (Å²) in [5.74, 6) is -0.0229. The van der Waals surface area contributed by atoms with E-state index in [0.717, 1.165) is 0 Å². The molecule has 5 nitrogen and oxygen atoms in total. The van der Waals surface area contributed by atoms with Crippen molar-refractivity contribution in [3.63, 3.8) is 0 Å². The maximum atomic E-state index is 12.8. The van der Waals surface area contributed by atoms with Gasteiger partial charge in [-0.3, -0.25) is 4.79 Å². The summed E-state index contributed by atoms with van der Waals surface area (Å²) in [5.41, 5.74) is 0. The number of piperidine rings is 1. The van der Waals surface area contributed by atoms with Gasteiger partial charge in [-0.25, -0.2) is 8.42 Å². The summed E-state index contributed by atoms with van der Waals surface area (Å²) in [7, 11) is -2.03. The number of hydrogen-bond donors (Lipinski definition) is 0. The first-order valence-electron chi connectivity index (χ1n) is 7.02. The van der Waals surface area contributed by atoms with Gasteiger partial charge in [-0.15, -0.1) is 0 Å². The molecule has 128 valence electrons. The van der Waals surface area contributed by atoms with Crippen molar-refractivity contribution in [2.75, 3.05) is 20.1 Å². The van der Waals surface area contributed by atoms with Gasteiger partial charge in [0.15, 0.2) is 0 Å². The number of amides is 1. The lowest BCUT2D eigenvalue weighted by Gasteiger charge is -2.35.